The van der Waals surface area contributed by atoms with E-state index in [2.05, 4.69) is 10.2 Å². The van der Waals surface area contributed by atoms with Crippen LogP contribution in [0.5, 0.6) is 0 Å². The molecule has 0 saturated heterocycles. The lowest BCUT2D eigenvalue weighted by Gasteiger charge is -2.10. The highest BCUT2D eigenvalue weighted by Gasteiger charge is 2.37. The standard InChI is InChI=1S/C12H15ClN2O4S/c13-20(17,18)11-9(7-5-6-7)14-15-10(11)12(16)19-8-3-1-2-4-8/h7-8H,1-6H2,(H,14,15). The van der Waals surface area contributed by atoms with E-state index < -0.39 is 15.0 Å². The molecule has 20 heavy (non-hydrogen) atoms. The summed E-state index contributed by atoms with van der Waals surface area (Å²) in [7, 11) is 1.42. The number of hydrogen-bond donors (Lipinski definition) is 1. The van der Waals surface area contributed by atoms with Gasteiger partial charge in [0.2, 0.25) is 0 Å². The van der Waals surface area contributed by atoms with Gasteiger partial charge in [0.05, 0.1) is 5.69 Å². The van der Waals surface area contributed by atoms with Crippen molar-refractivity contribution in [1.29, 1.82) is 0 Å². The molecule has 8 heteroatoms. The van der Waals surface area contributed by atoms with E-state index >= 15 is 0 Å². The molecule has 3 rings (SSSR count). The number of aromatic amines is 1. The van der Waals surface area contributed by atoms with Crippen molar-refractivity contribution in [3.8, 4) is 0 Å². The molecule has 2 aliphatic rings. The van der Waals surface area contributed by atoms with Gasteiger partial charge in [0.1, 0.15) is 11.0 Å². The van der Waals surface area contributed by atoms with Crippen LogP contribution in [-0.2, 0) is 13.8 Å². The quantitative estimate of drug-likeness (QED) is 0.679. The number of H-pyrrole nitrogens is 1. The molecule has 2 saturated carbocycles. The lowest BCUT2D eigenvalue weighted by Crippen LogP contribution is -2.17. The second-order valence-corrected chi connectivity index (χ2v) is 7.84. The topological polar surface area (TPSA) is 89.1 Å². The highest BCUT2D eigenvalue weighted by atomic mass is 35.7. The highest BCUT2D eigenvalue weighted by molar-refractivity contribution is 8.13. The van der Waals surface area contributed by atoms with E-state index in [0.717, 1.165) is 38.5 Å². The summed E-state index contributed by atoms with van der Waals surface area (Å²) in [5.74, 6) is -0.613. The first-order valence-corrected chi connectivity index (χ1v) is 9.01. The molecule has 6 nitrogen and oxygen atoms in total. The summed E-state index contributed by atoms with van der Waals surface area (Å²) in [6, 6.07) is 0. The SMILES string of the molecule is O=C(OC1CCCC1)c1n[nH]c(C2CC2)c1S(=O)(=O)Cl. The van der Waals surface area contributed by atoms with Crippen LogP contribution in [0.25, 0.3) is 0 Å². The fourth-order valence-corrected chi connectivity index (χ4v) is 3.90. The predicted molar refractivity (Wildman–Crippen MR) is 71.3 cm³/mol. The smallest absolute Gasteiger partial charge is 0.360 e. The number of esters is 1. The molecule has 2 aliphatic carbocycles. The third-order valence-electron chi connectivity index (χ3n) is 3.75. The average molecular weight is 319 g/mol. The van der Waals surface area contributed by atoms with Crippen LogP contribution in [0.3, 0.4) is 0 Å². The molecule has 110 valence electrons. The van der Waals surface area contributed by atoms with Crippen molar-refractivity contribution in [1.82, 2.24) is 10.2 Å². The first kappa shape index (κ1) is 13.9. The fourth-order valence-electron chi connectivity index (χ4n) is 2.59. The fraction of sp³-hybridized carbons (Fsp3) is 0.667. The minimum atomic E-state index is -4.03. The Morgan fingerprint density at radius 2 is 1.90 bits per heavy atom. The van der Waals surface area contributed by atoms with Crippen molar-refractivity contribution in [3.05, 3.63) is 11.4 Å². The van der Waals surface area contributed by atoms with Crippen LogP contribution in [0.1, 0.15) is 60.6 Å². The maximum absolute atomic E-state index is 12.1. The first-order chi connectivity index (χ1) is 9.47. The summed E-state index contributed by atoms with van der Waals surface area (Å²) in [6.07, 6.45) is 5.27. The molecule has 1 aromatic heterocycles. The third kappa shape index (κ3) is 2.69. The van der Waals surface area contributed by atoms with Crippen LogP contribution < -0.4 is 0 Å². The molecule has 0 amide bonds. The number of halogens is 1. The van der Waals surface area contributed by atoms with Crippen molar-refractivity contribution in [3.63, 3.8) is 0 Å². The van der Waals surface area contributed by atoms with E-state index in [-0.39, 0.29) is 22.6 Å². The third-order valence-corrected chi connectivity index (χ3v) is 5.11. The molecular weight excluding hydrogens is 304 g/mol. The van der Waals surface area contributed by atoms with Crippen LogP contribution in [0, 0.1) is 0 Å². The summed E-state index contributed by atoms with van der Waals surface area (Å²) in [5.41, 5.74) is 0.215. The number of aromatic nitrogens is 2. The Labute approximate surface area is 121 Å². The van der Waals surface area contributed by atoms with Crippen molar-refractivity contribution in [2.24, 2.45) is 0 Å². The zero-order valence-electron chi connectivity index (χ0n) is 10.8. The van der Waals surface area contributed by atoms with Gasteiger partial charge in [-0.2, -0.15) is 5.10 Å². The van der Waals surface area contributed by atoms with E-state index in [1.165, 1.54) is 0 Å². The van der Waals surface area contributed by atoms with Gasteiger partial charge in [0, 0.05) is 16.6 Å². The molecule has 0 aliphatic heterocycles. The molecule has 0 unspecified atom stereocenters. The van der Waals surface area contributed by atoms with Crippen molar-refractivity contribution >= 4 is 25.7 Å². The van der Waals surface area contributed by atoms with Gasteiger partial charge in [0.15, 0.2) is 5.69 Å². The van der Waals surface area contributed by atoms with Gasteiger partial charge in [-0.1, -0.05) is 0 Å². The summed E-state index contributed by atoms with van der Waals surface area (Å²) < 4.78 is 28.7. The van der Waals surface area contributed by atoms with Gasteiger partial charge in [0.25, 0.3) is 9.05 Å². The van der Waals surface area contributed by atoms with Crippen molar-refractivity contribution in [2.45, 2.75) is 55.4 Å². The zero-order valence-corrected chi connectivity index (χ0v) is 12.3. The van der Waals surface area contributed by atoms with Gasteiger partial charge >= 0.3 is 5.97 Å². The molecule has 0 spiro atoms. The highest BCUT2D eigenvalue weighted by Crippen LogP contribution is 2.43. The molecular formula is C12H15ClN2O4S. The Kier molecular flexibility index (Phi) is 3.50. The molecule has 0 aromatic carbocycles. The number of nitrogens with one attached hydrogen (secondary N) is 1. The monoisotopic (exact) mass is 318 g/mol. The van der Waals surface area contributed by atoms with Gasteiger partial charge in [-0.15, -0.1) is 0 Å². The van der Waals surface area contributed by atoms with Crippen LogP contribution in [0.2, 0.25) is 0 Å². The molecule has 0 atom stereocenters. The Hall–Kier alpha value is -1.08. The minimum Gasteiger partial charge on any atom is -0.458 e. The minimum absolute atomic E-state index is 0.0963. The van der Waals surface area contributed by atoms with E-state index in [1.54, 1.807) is 0 Å². The van der Waals surface area contributed by atoms with Gasteiger partial charge in [-0.05, 0) is 38.5 Å². The number of carbonyl (C=O) groups is 1. The predicted octanol–water partition coefficient (Wildman–Crippen LogP) is 2.31. The Bertz CT molecular complexity index is 630. The summed E-state index contributed by atoms with van der Waals surface area (Å²) in [6.45, 7) is 0. The summed E-state index contributed by atoms with van der Waals surface area (Å²) >= 11 is 0. The maximum atomic E-state index is 12.1. The van der Waals surface area contributed by atoms with Crippen LogP contribution in [0.4, 0.5) is 0 Å². The number of ether oxygens (including phenoxy) is 1. The molecule has 1 aromatic rings. The Balaban J connectivity index is 1.90. The molecule has 0 bridgehead atoms. The van der Waals surface area contributed by atoms with E-state index in [0.29, 0.717) is 5.69 Å². The van der Waals surface area contributed by atoms with E-state index in [1.807, 2.05) is 0 Å². The van der Waals surface area contributed by atoms with Crippen molar-refractivity contribution < 1.29 is 17.9 Å². The van der Waals surface area contributed by atoms with Gasteiger partial charge < -0.3 is 4.74 Å². The summed E-state index contributed by atoms with van der Waals surface area (Å²) in [5, 5.41) is 6.46. The lowest BCUT2D eigenvalue weighted by atomic mass is 10.2. The van der Waals surface area contributed by atoms with Gasteiger partial charge in [-0.3, -0.25) is 5.10 Å². The maximum Gasteiger partial charge on any atom is 0.360 e. The second-order valence-electron chi connectivity index (χ2n) is 5.34. The van der Waals surface area contributed by atoms with E-state index in [4.69, 9.17) is 15.4 Å². The Morgan fingerprint density at radius 1 is 1.25 bits per heavy atom. The summed E-state index contributed by atoms with van der Waals surface area (Å²) in [4.78, 5) is 11.9. The Morgan fingerprint density at radius 3 is 2.45 bits per heavy atom. The first-order valence-electron chi connectivity index (χ1n) is 6.70. The molecule has 1 heterocycles. The van der Waals surface area contributed by atoms with Crippen LogP contribution in [-0.4, -0.2) is 30.7 Å². The normalized spacial score (nSPS) is 20.2. The lowest BCUT2D eigenvalue weighted by molar-refractivity contribution is 0.0306. The number of nitrogens with zero attached hydrogens (tertiary/aromatic N) is 1. The average Bonchev–Trinajstić information content (AvgIpc) is 2.90. The largest absolute Gasteiger partial charge is 0.458 e. The van der Waals surface area contributed by atoms with E-state index in [9.17, 15) is 13.2 Å². The zero-order chi connectivity index (χ0) is 14.3. The van der Waals surface area contributed by atoms with Crippen LogP contribution >= 0.6 is 10.7 Å². The molecule has 2 fully saturated rings. The second kappa shape index (κ2) is 5.04. The number of rotatable bonds is 4. The number of carbonyl (C=O) groups excluding carboxylic acids is 1. The molecule has 0 radical (unpaired) electrons. The number of hydrogen-bond acceptors (Lipinski definition) is 5. The molecule has 1 N–H and O–H groups in total. The van der Waals surface area contributed by atoms with Gasteiger partial charge in [-0.25, -0.2) is 13.2 Å². The van der Waals surface area contributed by atoms with Crippen LogP contribution in [0.15, 0.2) is 4.90 Å². The van der Waals surface area contributed by atoms with Crippen molar-refractivity contribution in [2.75, 3.05) is 0 Å².